The molecule has 0 unspecified atom stereocenters. The van der Waals surface area contributed by atoms with E-state index < -0.39 is 11.8 Å². The van der Waals surface area contributed by atoms with Crippen molar-refractivity contribution < 1.29 is 9.59 Å². The summed E-state index contributed by atoms with van der Waals surface area (Å²) in [6.07, 6.45) is 1.71. The van der Waals surface area contributed by atoms with Gasteiger partial charge in [-0.1, -0.05) is 65.4 Å². The third-order valence-corrected chi connectivity index (χ3v) is 5.02. The summed E-state index contributed by atoms with van der Waals surface area (Å²) in [5.74, 6) is -0.803. The zero-order valence-corrected chi connectivity index (χ0v) is 15.0. The Morgan fingerprint density at radius 1 is 1.12 bits per heavy atom. The number of aryl methyl sites for hydroxylation is 1. The second-order valence-electron chi connectivity index (χ2n) is 5.24. The first-order valence-electron chi connectivity index (χ1n) is 7.10. The van der Waals surface area contributed by atoms with Crippen LogP contribution in [0, 0.1) is 6.92 Å². The molecule has 2 aromatic rings. The number of thiocarbonyl (C=S) groups is 1. The van der Waals surface area contributed by atoms with Crippen molar-refractivity contribution in [1.82, 2.24) is 4.90 Å². The maximum atomic E-state index is 12.6. The van der Waals surface area contributed by atoms with E-state index >= 15 is 0 Å². The van der Waals surface area contributed by atoms with Crippen LogP contribution in [-0.2, 0) is 4.79 Å². The lowest BCUT2D eigenvalue weighted by Crippen LogP contribution is -2.34. The van der Waals surface area contributed by atoms with E-state index in [-0.39, 0.29) is 4.32 Å². The number of thioether (sulfide) groups is 1. The zero-order chi connectivity index (χ0) is 17.3. The maximum absolute atomic E-state index is 12.6. The number of hydrogen-bond acceptors (Lipinski definition) is 4. The highest BCUT2D eigenvalue weighted by molar-refractivity contribution is 8.26. The molecule has 1 heterocycles. The van der Waals surface area contributed by atoms with Crippen LogP contribution in [0.4, 0.5) is 0 Å². The molecule has 120 valence electrons. The first kappa shape index (κ1) is 16.9. The van der Waals surface area contributed by atoms with Crippen molar-refractivity contribution in [3.63, 3.8) is 0 Å². The van der Waals surface area contributed by atoms with Gasteiger partial charge in [0.05, 0.1) is 4.91 Å². The molecule has 1 saturated heterocycles. The molecule has 0 bridgehead atoms. The van der Waals surface area contributed by atoms with Crippen LogP contribution in [0.1, 0.15) is 21.5 Å². The number of halogens is 1. The Morgan fingerprint density at radius 2 is 1.75 bits per heavy atom. The minimum Gasteiger partial charge on any atom is -0.268 e. The number of hydrogen-bond donors (Lipinski definition) is 0. The standard InChI is InChI=1S/C18H12ClNO2S2/c1-11-2-6-13(7-3-11)16(21)20-17(22)15(24-18(20)23)10-12-4-8-14(19)9-5-12/h2-10H,1H3. The van der Waals surface area contributed by atoms with Crippen molar-refractivity contribution in [2.45, 2.75) is 6.92 Å². The second kappa shape index (κ2) is 6.89. The number of nitrogens with zero attached hydrogens (tertiary/aromatic N) is 1. The molecule has 0 aliphatic carbocycles. The van der Waals surface area contributed by atoms with Gasteiger partial charge in [0, 0.05) is 10.6 Å². The summed E-state index contributed by atoms with van der Waals surface area (Å²) in [6, 6.07) is 14.1. The van der Waals surface area contributed by atoms with Gasteiger partial charge in [-0.2, -0.15) is 0 Å². The van der Waals surface area contributed by atoms with Gasteiger partial charge in [-0.25, -0.2) is 4.90 Å². The molecular weight excluding hydrogens is 362 g/mol. The summed E-state index contributed by atoms with van der Waals surface area (Å²) in [4.78, 5) is 26.6. The SMILES string of the molecule is Cc1ccc(C(=O)N2C(=O)C(=Cc3ccc(Cl)cc3)SC2=S)cc1. The Kier molecular flexibility index (Phi) is 4.85. The quantitative estimate of drug-likeness (QED) is 0.435. The lowest BCUT2D eigenvalue weighted by atomic mass is 10.1. The molecule has 3 rings (SSSR count). The summed E-state index contributed by atoms with van der Waals surface area (Å²) in [5.41, 5.74) is 2.30. The van der Waals surface area contributed by atoms with Gasteiger partial charge in [-0.3, -0.25) is 9.59 Å². The summed E-state index contributed by atoms with van der Waals surface area (Å²) >= 11 is 12.2. The fraction of sp³-hybridized carbons (Fsp3) is 0.0556. The van der Waals surface area contributed by atoms with Crippen molar-refractivity contribution in [1.29, 1.82) is 0 Å². The Bertz CT molecular complexity index is 858. The van der Waals surface area contributed by atoms with Crippen LogP contribution in [0.5, 0.6) is 0 Å². The van der Waals surface area contributed by atoms with E-state index in [1.165, 1.54) is 0 Å². The molecule has 0 N–H and O–H groups in total. The van der Waals surface area contributed by atoms with Crippen LogP contribution >= 0.6 is 35.6 Å². The van der Waals surface area contributed by atoms with E-state index in [2.05, 4.69) is 0 Å². The van der Waals surface area contributed by atoms with Gasteiger partial charge in [0.25, 0.3) is 11.8 Å². The van der Waals surface area contributed by atoms with E-state index in [1.807, 2.05) is 19.1 Å². The molecule has 3 nitrogen and oxygen atoms in total. The molecule has 1 fully saturated rings. The monoisotopic (exact) mass is 373 g/mol. The smallest absolute Gasteiger partial charge is 0.268 e. The summed E-state index contributed by atoms with van der Waals surface area (Å²) < 4.78 is 0.241. The molecule has 0 atom stereocenters. The number of carbonyl (C=O) groups is 2. The molecule has 2 aromatic carbocycles. The Morgan fingerprint density at radius 3 is 2.38 bits per heavy atom. The molecule has 1 aliphatic rings. The van der Waals surface area contributed by atoms with Gasteiger partial charge < -0.3 is 0 Å². The van der Waals surface area contributed by atoms with E-state index in [0.29, 0.717) is 15.5 Å². The number of amides is 2. The average Bonchev–Trinajstić information content (AvgIpc) is 2.83. The fourth-order valence-electron chi connectivity index (χ4n) is 2.18. The Balaban J connectivity index is 1.87. The molecule has 2 amide bonds. The maximum Gasteiger partial charge on any atom is 0.273 e. The van der Waals surface area contributed by atoms with Gasteiger partial charge in [-0.05, 0) is 42.8 Å². The molecule has 0 radical (unpaired) electrons. The van der Waals surface area contributed by atoms with E-state index in [1.54, 1.807) is 42.5 Å². The van der Waals surface area contributed by atoms with Gasteiger partial charge >= 0.3 is 0 Å². The highest BCUT2D eigenvalue weighted by Gasteiger charge is 2.37. The van der Waals surface area contributed by atoms with E-state index in [9.17, 15) is 9.59 Å². The zero-order valence-electron chi connectivity index (χ0n) is 12.7. The molecule has 0 aromatic heterocycles. The summed E-state index contributed by atoms with van der Waals surface area (Å²) in [6.45, 7) is 1.93. The van der Waals surface area contributed by atoms with Crippen LogP contribution in [-0.4, -0.2) is 21.0 Å². The first-order chi connectivity index (χ1) is 11.5. The molecule has 0 spiro atoms. The number of imide groups is 1. The van der Waals surface area contributed by atoms with Gasteiger partial charge in [0.2, 0.25) is 0 Å². The largest absolute Gasteiger partial charge is 0.273 e. The van der Waals surface area contributed by atoms with Crippen LogP contribution < -0.4 is 0 Å². The minimum absolute atomic E-state index is 0.241. The molecule has 6 heteroatoms. The third kappa shape index (κ3) is 3.43. The number of rotatable bonds is 2. The predicted molar refractivity (Wildman–Crippen MR) is 102 cm³/mol. The molecule has 0 saturated carbocycles. The number of carbonyl (C=O) groups excluding carboxylic acids is 2. The molecule has 24 heavy (non-hydrogen) atoms. The van der Waals surface area contributed by atoms with Crippen molar-refractivity contribution in [3.05, 3.63) is 75.1 Å². The topological polar surface area (TPSA) is 37.4 Å². The highest BCUT2D eigenvalue weighted by atomic mass is 35.5. The van der Waals surface area contributed by atoms with Gasteiger partial charge in [0.1, 0.15) is 0 Å². The van der Waals surface area contributed by atoms with Crippen molar-refractivity contribution in [3.8, 4) is 0 Å². The third-order valence-electron chi connectivity index (χ3n) is 3.46. The fourth-order valence-corrected chi connectivity index (χ4v) is 3.56. The predicted octanol–water partition coefficient (Wildman–Crippen LogP) is 4.69. The lowest BCUT2D eigenvalue weighted by molar-refractivity contribution is -0.120. The number of benzene rings is 2. The van der Waals surface area contributed by atoms with E-state index in [4.69, 9.17) is 23.8 Å². The molecule has 1 aliphatic heterocycles. The normalized spacial score (nSPS) is 16.1. The van der Waals surface area contributed by atoms with E-state index in [0.717, 1.165) is 27.8 Å². The van der Waals surface area contributed by atoms with Crippen LogP contribution in [0.15, 0.2) is 53.4 Å². The highest BCUT2D eigenvalue weighted by Crippen LogP contribution is 2.33. The van der Waals surface area contributed by atoms with Crippen LogP contribution in [0.3, 0.4) is 0 Å². The van der Waals surface area contributed by atoms with Crippen molar-refractivity contribution in [2.24, 2.45) is 0 Å². The van der Waals surface area contributed by atoms with Crippen LogP contribution in [0.25, 0.3) is 6.08 Å². The summed E-state index contributed by atoms with van der Waals surface area (Å²) in [5, 5.41) is 0.620. The second-order valence-corrected chi connectivity index (χ2v) is 7.35. The van der Waals surface area contributed by atoms with Gasteiger partial charge in [0.15, 0.2) is 4.32 Å². The Labute approximate surface area is 154 Å². The molecular formula is C18H12ClNO2S2. The van der Waals surface area contributed by atoms with Crippen molar-refractivity contribution >= 4 is 57.8 Å². The summed E-state index contributed by atoms with van der Waals surface area (Å²) in [7, 11) is 0. The van der Waals surface area contributed by atoms with Gasteiger partial charge in [-0.15, -0.1) is 0 Å². The van der Waals surface area contributed by atoms with Crippen LogP contribution in [0.2, 0.25) is 5.02 Å². The minimum atomic E-state index is -0.406. The lowest BCUT2D eigenvalue weighted by Gasteiger charge is -2.12. The van der Waals surface area contributed by atoms with Crippen molar-refractivity contribution in [2.75, 3.05) is 0 Å². The first-order valence-corrected chi connectivity index (χ1v) is 8.70. The Hall–Kier alpha value is -1.95. The average molecular weight is 374 g/mol.